The van der Waals surface area contributed by atoms with Crippen molar-refractivity contribution in [3.8, 4) is 11.3 Å². The van der Waals surface area contributed by atoms with Crippen molar-refractivity contribution in [3.63, 3.8) is 0 Å². The maximum Gasteiger partial charge on any atom is 0.417 e. The molecule has 0 spiro atoms. The molecule has 1 heterocycles. The Labute approximate surface area is 212 Å². The number of rotatable bonds is 4. The number of allylic oxidation sites excluding steroid dienone is 4. The first-order chi connectivity index (χ1) is 17.0. The van der Waals surface area contributed by atoms with Crippen molar-refractivity contribution in [1.82, 2.24) is 5.16 Å². The van der Waals surface area contributed by atoms with Crippen molar-refractivity contribution in [3.05, 3.63) is 101 Å². The Morgan fingerprint density at radius 1 is 1.25 bits per heavy atom. The Bertz CT molecular complexity index is 1350. The Morgan fingerprint density at radius 3 is 2.64 bits per heavy atom. The first-order valence-electron chi connectivity index (χ1n) is 11.5. The summed E-state index contributed by atoms with van der Waals surface area (Å²) in [7, 11) is 2.21. The number of halogens is 3. The standard InChI is InChI=1S/C17H19N.C12H9F3NOP/c1-12-9-7-10-16(14(12)3)15(4)18-17-11-6-5-8-13(17)2;1-2-7-6-9(16-17-7)11-8(12(13,14)15)4-3-5-10(11)18/h6-11H,4-5H2,1-3H3;4,6H,2,18H2,1H3. The van der Waals surface area contributed by atoms with Crippen LogP contribution in [0.25, 0.3) is 17.0 Å². The van der Waals surface area contributed by atoms with Crippen LogP contribution in [0.4, 0.5) is 13.2 Å². The van der Waals surface area contributed by atoms with Crippen molar-refractivity contribution in [2.24, 2.45) is 4.99 Å². The first kappa shape index (κ1) is 27.2. The summed E-state index contributed by atoms with van der Waals surface area (Å²) in [5.41, 5.74) is 6.09. The largest absolute Gasteiger partial charge is 0.417 e. The molecule has 1 aromatic heterocycles. The van der Waals surface area contributed by atoms with E-state index in [0.717, 1.165) is 29.5 Å². The second-order valence-corrected chi connectivity index (χ2v) is 8.94. The van der Waals surface area contributed by atoms with Gasteiger partial charge in [0.25, 0.3) is 0 Å². The molecule has 1 aliphatic rings. The van der Waals surface area contributed by atoms with Crippen LogP contribution in [0.2, 0.25) is 0 Å². The minimum atomic E-state index is -4.46. The number of hydrogen-bond acceptors (Lipinski definition) is 3. The van der Waals surface area contributed by atoms with E-state index in [-0.39, 0.29) is 16.6 Å². The average Bonchev–Trinajstić information content (AvgIpc) is 3.31. The van der Waals surface area contributed by atoms with Gasteiger partial charge in [0.15, 0.2) is 0 Å². The molecular formula is C29H28F3N2OP. The number of benzene rings is 1. The molecule has 0 saturated carbocycles. The molecule has 0 N–H and O–H groups in total. The lowest BCUT2D eigenvalue weighted by Crippen LogP contribution is -2.11. The summed E-state index contributed by atoms with van der Waals surface area (Å²) in [4.78, 5) is 4.66. The quantitative estimate of drug-likeness (QED) is 0.340. The molecule has 1 aliphatic carbocycles. The Morgan fingerprint density at radius 2 is 2.00 bits per heavy atom. The molecule has 0 radical (unpaired) electrons. The van der Waals surface area contributed by atoms with E-state index in [9.17, 15) is 13.2 Å². The summed E-state index contributed by atoms with van der Waals surface area (Å²) >= 11 is 0. The molecule has 0 aliphatic heterocycles. The van der Waals surface area contributed by atoms with Gasteiger partial charge in [-0.25, -0.2) is 4.99 Å². The van der Waals surface area contributed by atoms with Gasteiger partial charge in [-0.15, -0.1) is 0 Å². The maximum absolute atomic E-state index is 12.9. The van der Waals surface area contributed by atoms with Crippen molar-refractivity contribution in [1.29, 1.82) is 0 Å². The van der Waals surface area contributed by atoms with Crippen molar-refractivity contribution >= 4 is 26.0 Å². The van der Waals surface area contributed by atoms with Crippen molar-refractivity contribution < 1.29 is 17.7 Å². The normalized spacial score (nSPS) is 14.1. The highest BCUT2D eigenvalue weighted by molar-refractivity contribution is 7.27. The molecule has 36 heavy (non-hydrogen) atoms. The molecule has 0 saturated heterocycles. The molecular weight excluding hydrogens is 480 g/mol. The zero-order valence-electron chi connectivity index (χ0n) is 20.8. The van der Waals surface area contributed by atoms with E-state index in [4.69, 9.17) is 4.52 Å². The lowest BCUT2D eigenvalue weighted by Gasteiger charge is -2.11. The Kier molecular flexibility index (Phi) is 8.71. The van der Waals surface area contributed by atoms with Gasteiger partial charge in [0.1, 0.15) is 11.5 Å². The molecule has 1 unspecified atom stereocenters. The van der Waals surface area contributed by atoms with Crippen LogP contribution in [0.3, 0.4) is 0 Å². The average molecular weight is 509 g/mol. The molecule has 0 bridgehead atoms. The molecule has 3 aromatic rings. The zero-order valence-corrected chi connectivity index (χ0v) is 21.9. The predicted molar refractivity (Wildman–Crippen MR) is 143 cm³/mol. The molecule has 1 atom stereocenters. The molecule has 2 aromatic carbocycles. The number of alkyl halides is 3. The van der Waals surface area contributed by atoms with E-state index >= 15 is 0 Å². The van der Waals surface area contributed by atoms with Gasteiger partial charge < -0.3 is 4.52 Å². The second-order valence-electron chi connectivity index (χ2n) is 8.36. The second kappa shape index (κ2) is 11.5. The Balaban J connectivity index is 0.000000201. The van der Waals surface area contributed by atoms with Crippen LogP contribution in [-0.2, 0) is 12.6 Å². The van der Waals surface area contributed by atoms with Crippen LogP contribution in [0.1, 0.15) is 48.3 Å². The smallest absolute Gasteiger partial charge is 0.361 e. The topological polar surface area (TPSA) is 38.4 Å². The highest BCUT2D eigenvalue weighted by Gasteiger charge is 2.35. The van der Waals surface area contributed by atoms with Crippen molar-refractivity contribution in [2.45, 2.75) is 46.7 Å². The number of aryl methyl sites for hydroxylation is 2. The highest BCUT2D eigenvalue weighted by Crippen LogP contribution is 2.35. The van der Waals surface area contributed by atoms with Gasteiger partial charge in [-0.2, -0.15) is 13.2 Å². The maximum atomic E-state index is 12.9. The third-order valence-corrected chi connectivity index (χ3v) is 6.27. The molecule has 186 valence electrons. The van der Waals surface area contributed by atoms with Crippen LogP contribution in [0.15, 0.2) is 70.2 Å². The van der Waals surface area contributed by atoms with Crippen LogP contribution in [-0.4, -0.2) is 10.9 Å². The molecule has 4 rings (SSSR count). The number of hydrogen-bond donors (Lipinski definition) is 0. The number of nitrogens with zero attached hydrogens (tertiary/aromatic N) is 2. The van der Waals surface area contributed by atoms with E-state index in [1.807, 2.05) is 6.92 Å². The van der Waals surface area contributed by atoms with Crippen LogP contribution in [0, 0.1) is 26.0 Å². The van der Waals surface area contributed by atoms with E-state index in [1.54, 1.807) is 0 Å². The summed E-state index contributed by atoms with van der Waals surface area (Å²) in [6.07, 6.45) is 3.50. The van der Waals surface area contributed by atoms with Gasteiger partial charge in [0.2, 0.25) is 0 Å². The van der Waals surface area contributed by atoms with E-state index in [2.05, 4.69) is 95.3 Å². The number of aliphatic imine (C=N–C) groups is 1. The fourth-order valence-corrected chi connectivity index (χ4v) is 4.00. The van der Waals surface area contributed by atoms with Crippen molar-refractivity contribution in [2.75, 3.05) is 0 Å². The van der Waals surface area contributed by atoms with Gasteiger partial charge >= 0.3 is 6.18 Å². The third kappa shape index (κ3) is 6.42. The zero-order chi connectivity index (χ0) is 26.5. The summed E-state index contributed by atoms with van der Waals surface area (Å²) in [5.74, 6) is 0.537. The minimum Gasteiger partial charge on any atom is -0.361 e. The van der Waals surface area contributed by atoms with Gasteiger partial charge in [0, 0.05) is 35.0 Å². The molecule has 0 fully saturated rings. The van der Waals surface area contributed by atoms with Crippen LogP contribution in [0.5, 0.6) is 0 Å². The SMILES string of the molecule is C=C(N=C1C=CCC=C1C)c1cccc(C)c1C.CCc1cc(-c2c(P)c#ccc2C(F)(F)F)no1. The summed E-state index contributed by atoms with van der Waals surface area (Å²) in [6.45, 7) is 12.3. The Hall–Kier alpha value is -3.42. The highest BCUT2D eigenvalue weighted by atomic mass is 31.0. The summed E-state index contributed by atoms with van der Waals surface area (Å²) in [5, 5.41) is 3.93. The summed E-state index contributed by atoms with van der Waals surface area (Å²) in [6, 6.07) is 13.6. The van der Waals surface area contributed by atoms with E-state index in [0.29, 0.717) is 12.2 Å². The summed E-state index contributed by atoms with van der Waals surface area (Å²) < 4.78 is 43.6. The van der Waals surface area contributed by atoms with Crippen LogP contribution < -0.4 is 5.30 Å². The van der Waals surface area contributed by atoms with Crippen LogP contribution >= 0.6 is 9.24 Å². The fraction of sp³-hybridized carbons (Fsp3) is 0.241. The van der Waals surface area contributed by atoms with E-state index < -0.39 is 11.7 Å². The van der Waals surface area contributed by atoms with E-state index in [1.165, 1.54) is 22.8 Å². The fourth-order valence-electron chi connectivity index (χ4n) is 3.62. The molecule has 3 nitrogen and oxygen atoms in total. The lowest BCUT2D eigenvalue weighted by atomic mass is 10.0. The third-order valence-electron chi connectivity index (χ3n) is 5.84. The molecule has 7 heteroatoms. The monoisotopic (exact) mass is 508 g/mol. The van der Waals surface area contributed by atoms with Gasteiger partial charge in [-0.1, -0.05) is 70.4 Å². The van der Waals surface area contributed by atoms with Gasteiger partial charge in [-0.05, 0) is 50.0 Å². The predicted octanol–water partition coefficient (Wildman–Crippen LogP) is 7.64. The lowest BCUT2D eigenvalue weighted by molar-refractivity contribution is -0.137. The first-order valence-corrected chi connectivity index (χ1v) is 12.0. The van der Waals surface area contributed by atoms with Gasteiger partial charge in [0.05, 0.1) is 17.0 Å². The minimum absolute atomic E-state index is 0.0327. The number of aromatic nitrogens is 1. The molecule has 0 amide bonds. The van der Waals surface area contributed by atoms with Gasteiger partial charge in [-0.3, -0.25) is 0 Å².